The molecule has 1 N–H and O–H groups in total. The maximum absolute atomic E-state index is 12.4. The first kappa shape index (κ1) is 15.4. The van der Waals surface area contributed by atoms with Crippen LogP contribution in [0, 0.1) is 6.92 Å². The van der Waals surface area contributed by atoms with Crippen molar-refractivity contribution in [2.75, 3.05) is 6.54 Å². The lowest BCUT2D eigenvalue weighted by molar-refractivity contribution is 0.240. The fourth-order valence-corrected chi connectivity index (χ4v) is 3.47. The van der Waals surface area contributed by atoms with E-state index in [1.165, 1.54) is 4.88 Å². The second-order valence-corrected chi connectivity index (χ2v) is 8.23. The van der Waals surface area contributed by atoms with E-state index >= 15 is 0 Å². The molecular formula is C16H22N4OS. The minimum Gasteiger partial charge on any atom is -0.310 e. The zero-order chi connectivity index (χ0) is 15.9. The third kappa shape index (κ3) is 3.13. The van der Waals surface area contributed by atoms with Crippen molar-refractivity contribution in [1.82, 2.24) is 19.9 Å². The van der Waals surface area contributed by atoms with Gasteiger partial charge in [0, 0.05) is 36.0 Å². The number of fused-ring (bicyclic) bond motifs is 1. The number of H-pyrrole nitrogens is 1. The predicted molar refractivity (Wildman–Crippen MR) is 88.2 cm³/mol. The summed E-state index contributed by atoms with van der Waals surface area (Å²) in [6, 6.07) is 0. The largest absolute Gasteiger partial charge is 0.310 e. The Kier molecular flexibility index (Phi) is 3.91. The van der Waals surface area contributed by atoms with Crippen molar-refractivity contribution in [3.05, 3.63) is 43.5 Å². The van der Waals surface area contributed by atoms with Gasteiger partial charge in [0.2, 0.25) is 0 Å². The Morgan fingerprint density at radius 1 is 1.41 bits per heavy atom. The standard InChI is InChI=1S/C16H22N4OS/c1-10-7-17-13(22-10)9-20-6-5-12-11(8-20)14(21)19-15(18-12)16(2,3)4/h7H,5-6,8-9H2,1-4H3,(H,18,19,21). The van der Waals surface area contributed by atoms with E-state index in [4.69, 9.17) is 4.98 Å². The molecule has 0 bridgehead atoms. The van der Waals surface area contributed by atoms with Gasteiger partial charge in [0.1, 0.15) is 10.8 Å². The SMILES string of the molecule is Cc1cnc(CN2CCc3nc(C(C)(C)C)[nH]c(=O)c3C2)s1. The molecule has 0 atom stereocenters. The molecule has 0 aromatic carbocycles. The molecule has 3 rings (SSSR count). The third-order valence-corrected chi connectivity index (χ3v) is 4.78. The van der Waals surface area contributed by atoms with Gasteiger partial charge in [-0.3, -0.25) is 9.69 Å². The maximum atomic E-state index is 12.4. The quantitative estimate of drug-likeness (QED) is 0.923. The van der Waals surface area contributed by atoms with Gasteiger partial charge in [-0.25, -0.2) is 9.97 Å². The van der Waals surface area contributed by atoms with Crippen LogP contribution in [0.15, 0.2) is 11.0 Å². The summed E-state index contributed by atoms with van der Waals surface area (Å²) in [6.45, 7) is 10.6. The van der Waals surface area contributed by atoms with Crippen LogP contribution in [0.1, 0.15) is 47.7 Å². The summed E-state index contributed by atoms with van der Waals surface area (Å²) in [5.74, 6) is 0.778. The topological polar surface area (TPSA) is 61.9 Å². The molecular weight excluding hydrogens is 296 g/mol. The highest BCUT2D eigenvalue weighted by Gasteiger charge is 2.25. The highest BCUT2D eigenvalue weighted by Crippen LogP contribution is 2.22. The molecule has 0 spiro atoms. The second kappa shape index (κ2) is 5.59. The maximum Gasteiger partial charge on any atom is 0.255 e. The van der Waals surface area contributed by atoms with Crippen LogP contribution in [0.2, 0.25) is 0 Å². The predicted octanol–water partition coefficient (Wildman–Crippen LogP) is 2.39. The highest BCUT2D eigenvalue weighted by atomic mass is 32.1. The van der Waals surface area contributed by atoms with Gasteiger partial charge >= 0.3 is 0 Å². The van der Waals surface area contributed by atoms with E-state index in [0.717, 1.165) is 41.6 Å². The fraction of sp³-hybridized carbons (Fsp3) is 0.562. The van der Waals surface area contributed by atoms with Crippen LogP contribution in [-0.2, 0) is 24.9 Å². The molecule has 0 amide bonds. The monoisotopic (exact) mass is 318 g/mol. The Bertz CT molecular complexity index is 741. The molecule has 0 saturated heterocycles. The zero-order valence-corrected chi connectivity index (χ0v) is 14.4. The summed E-state index contributed by atoms with van der Waals surface area (Å²) >= 11 is 1.72. The van der Waals surface area contributed by atoms with Crippen LogP contribution in [0.25, 0.3) is 0 Å². The number of hydrogen-bond acceptors (Lipinski definition) is 5. The Balaban J connectivity index is 1.83. The molecule has 1 aliphatic heterocycles. The van der Waals surface area contributed by atoms with Crippen LogP contribution >= 0.6 is 11.3 Å². The average Bonchev–Trinajstić information content (AvgIpc) is 2.83. The number of nitrogens with one attached hydrogen (secondary N) is 1. The van der Waals surface area contributed by atoms with Crippen LogP contribution in [0.5, 0.6) is 0 Å². The van der Waals surface area contributed by atoms with E-state index in [1.807, 2.05) is 6.20 Å². The molecule has 2 aromatic rings. The smallest absolute Gasteiger partial charge is 0.255 e. The Hall–Kier alpha value is -1.53. The van der Waals surface area contributed by atoms with E-state index in [9.17, 15) is 4.79 Å². The van der Waals surface area contributed by atoms with Crippen LogP contribution < -0.4 is 5.56 Å². The van der Waals surface area contributed by atoms with E-state index in [1.54, 1.807) is 11.3 Å². The van der Waals surface area contributed by atoms with Crippen LogP contribution in [0.3, 0.4) is 0 Å². The summed E-state index contributed by atoms with van der Waals surface area (Å²) in [5, 5.41) is 1.11. The Morgan fingerprint density at radius 3 is 2.82 bits per heavy atom. The van der Waals surface area contributed by atoms with E-state index < -0.39 is 0 Å². The number of nitrogens with zero attached hydrogens (tertiary/aromatic N) is 3. The van der Waals surface area contributed by atoms with E-state index in [0.29, 0.717) is 6.54 Å². The Labute approximate surface area is 134 Å². The van der Waals surface area contributed by atoms with Gasteiger partial charge in [0.15, 0.2) is 0 Å². The minimum atomic E-state index is -0.135. The molecule has 5 nitrogen and oxygen atoms in total. The summed E-state index contributed by atoms with van der Waals surface area (Å²) in [4.78, 5) is 28.0. The number of aromatic nitrogens is 3. The van der Waals surface area contributed by atoms with Crippen molar-refractivity contribution >= 4 is 11.3 Å². The van der Waals surface area contributed by atoms with E-state index in [-0.39, 0.29) is 11.0 Å². The first-order valence-corrected chi connectivity index (χ1v) is 8.41. The molecule has 1 aliphatic rings. The van der Waals surface area contributed by atoms with Gasteiger partial charge in [-0.1, -0.05) is 20.8 Å². The van der Waals surface area contributed by atoms with Crippen molar-refractivity contribution in [2.45, 2.75) is 52.6 Å². The lowest BCUT2D eigenvalue weighted by atomic mass is 9.95. The van der Waals surface area contributed by atoms with Crippen molar-refractivity contribution in [1.29, 1.82) is 0 Å². The molecule has 0 fully saturated rings. The van der Waals surface area contributed by atoms with Gasteiger partial charge in [0.05, 0.1) is 17.8 Å². The van der Waals surface area contributed by atoms with Crippen molar-refractivity contribution in [2.24, 2.45) is 0 Å². The van der Waals surface area contributed by atoms with Crippen molar-refractivity contribution < 1.29 is 0 Å². The molecule has 118 valence electrons. The lowest BCUT2D eigenvalue weighted by Gasteiger charge is -2.28. The van der Waals surface area contributed by atoms with Crippen molar-refractivity contribution in [3.63, 3.8) is 0 Å². The van der Waals surface area contributed by atoms with Crippen molar-refractivity contribution in [3.8, 4) is 0 Å². The third-order valence-electron chi connectivity index (χ3n) is 3.89. The zero-order valence-electron chi connectivity index (χ0n) is 13.6. The summed E-state index contributed by atoms with van der Waals surface area (Å²) in [6.07, 6.45) is 2.73. The van der Waals surface area contributed by atoms with Crippen LogP contribution in [-0.4, -0.2) is 26.4 Å². The molecule has 2 aromatic heterocycles. The number of rotatable bonds is 2. The normalized spacial score (nSPS) is 15.8. The van der Waals surface area contributed by atoms with Crippen LogP contribution in [0.4, 0.5) is 0 Å². The second-order valence-electron chi connectivity index (χ2n) is 6.92. The first-order valence-electron chi connectivity index (χ1n) is 7.59. The first-order chi connectivity index (χ1) is 10.3. The summed E-state index contributed by atoms with van der Waals surface area (Å²) in [7, 11) is 0. The van der Waals surface area contributed by atoms with Gasteiger partial charge in [0.25, 0.3) is 5.56 Å². The highest BCUT2D eigenvalue weighted by molar-refractivity contribution is 7.11. The Morgan fingerprint density at radius 2 is 2.18 bits per heavy atom. The molecule has 0 aliphatic carbocycles. The van der Waals surface area contributed by atoms with Gasteiger partial charge in [-0.15, -0.1) is 11.3 Å². The molecule has 0 radical (unpaired) electrons. The van der Waals surface area contributed by atoms with E-state index in [2.05, 4.69) is 42.6 Å². The van der Waals surface area contributed by atoms with Gasteiger partial charge in [-0.2, -0.15) is 0 Å². The number of aryl methyl sites for hydroxylation is 1. The number of hydrogen-bond donors (Lipinski definition) is 1. The lowest BCUT2D eigenvalue weighted by Crippen LogP contribution is -2.37. The number of thiazole rings is 1. The molecule has 0 unspecified atom stereocenters. The molecule has 6 heteroatoms. The van der Waals surface area contributed by atoms with Gasteiger partial charge in [-0.05, 0) is 6.92 Å². The summed E-state index contributed by atoms with van der Waals surface area (Å²) < 4.78 is 0. The number of aromatic amines is 1. The molecule has 0 saturated carbocycles. The average molecular weight is 318 g/mol. The van der Waals surface area contributed by atoms with Gasteiger partial charge < -0.3 is 4.98 Å². The molecule has 22 heavy (non-hydrogen) atoms. The fourth-order valence-electron chi connectivity index (χ4n) is 2.64. The molecule has 3 heterocycles. The summed E-state index contributed by atoms with van der Waals surface area (Å²) in [5.41, 5.74) is 1.65. The minimum absolute atomic E-state index is 0.00921.